The number of rotatable bonds is 4. The highest BCUT2D eigenvalue weighted by Crippen LogP contribution is 2.25. The smallest absolute Gasteiger partial charge is 0.133 e. The maximum atomic E-state index is 5.16. The molecule has 0 saturated heterocycles. The minimum absolute atomic E-state index is 0.380. The monoisotopic (exact) mass is 269 g/mol. The van der Waals surface area contributed by atoms with E-state index >= 15 is 0 Å². The molecule has 1 N–H and O–H groups in total. The van der Waals surface area contributed by atoms with Crippen LogP contribution < -0.4 is 10.1 Å². The van der Waals surface area contributed by atoms with Gasteiger partial charge in [0.2, 0.25) is 0 Å². The highest BCUT2D eigenvalue weighted by Gasteiger charge is 1.99. The Bertz CT molecular complexity index is 349. The lowest BCUT2D eigenvalue weighted by Gasteiger charge is -2.05. The Morgan fingerprint density at radius 3 is 2.73 bits per heavy atom. The van der Waals surface area contributed by atoms with Gasteiger partial charge >= 0.3 is 0 Å². The van der Waals surface area contributed by atoms with E-state index in [2.05, 4.69) is 40.3 Å². The van der Waals surface area contributed by atoms with Gasteiger partial charge in [-0.25, -0.2) is 0 Å². The van der Waals surface area contributed by atoms with Crippen LogP contribution in [-0.4, -0.2) is 20.2 Å². The highest BCUT2D eigenvalue weighted by molar-refractivity contribution is 9.10. The summed E-state index contributed by atoms with van der Waals surface area (Å²) >= 11 is 3.46. The quantitative estimate of drug-likeness (QED) is 0.907. The van der Waals surface area contributed by atoms with E-state index in [0.717, 1.165) is 15.8 Å². The van der Waals surface area contributed by atoms with E-state index in [1.165, 1.54) is 0 Å². The zero-order valence-electron chi connectivity index (χ0n) is 9.25. The molecule has 1 aromatic carbocycles. The first kappa shape index (κ1) is 12.3. The van der Waals surface area contributed by atoms with Gasteiger partial charge in [0.15, 0.2) is 0 Å². The van der Waals surface area contributed by atoms with Crippen LogP contribution in [-0.2, 0) is 0 Å². The molecular formula is C12H16BrNO. The van der Waals surface area contributed by atoms with Crippen LogP contribution in [0.4, 0.5) is 0 Å². The number of halogens is 1. The van der Waals surface area contributed by atoms with Crippen molar-refractivity contribution in [2.75, 3.05) is 14.2 Å². The van der Waals surface area contributed by atoms with Crippen LogP contribution in [0.25, 0.3) is 6.08 Å². The fraction of sp³-hybridized carbons (Fsp3) is 0.333. The van der Waals surface area contributed by atoms with E-state index in [4.69, 9.17) is 4.74 Å². The van der Waals surface area contributed by atoms with Crippen molar-refractivity contribution >= 4 is 22.0 Å². The van der Waals surface area contributed by atoms with Crippen LogP contribution in [0.2, 0.25) is 0 Å². The molecule has 0 fully saturated rings. The number of ether oxygens (including phenoxy) is 1. The van der Waals surface area contributed by atoms with Crippen molar-refractivity contribution in [3.05, 3.63) is 34.3 Å². The van der Waals surface area contributed by atoms with E-state index < -0.39 is 0 Å². The molecule has 3 heteroatoms. The lowest BCUT2D eigenvalue weighted by atomic mass is 10.2. The second kappa shape index (κ2) is 5.93. The van der Waals surface area contributed by atoms with Crippen LogP contribution in [0.3, 0.4) is 0 Å². The fourth-order valence-corrected chi connectivity index (χ4v) is 1.70. The summed E-state index contributed by atoms with van der Waals surface area (Å²) in [6, 6.07) is 6.40. The number of hydrogen-bond acceptors (Lipinski definition) is 2. The van der Waals surface area contributed by atoms with Gasteiger partial charge < -0.3 is 10.1 Å². The maximum Gasteiger partial charge on any atom is 0.133 e. The van der Waals surface area contributed by atoms with E-state index in [-0.39, 0.29) is 0 Å². The summed E-state index contributed by atoms with van der Waals surface area (Å²) in [4.78, 5) is 0. The van der Waals surface area contributed by atoms with Crippen LogP contribution in [0.5, 0.6) is 5.75 Å². The number of nitrogens with one attached hydrogen (secondary N) is 1. The molecule has 0 aromatic heterocycles. The minimum atomic E-state index is 0.380. The molecule has 82 valence electrons. The summed E-state index contributed by atoms with van der Waals surface area (Å²) in [5, 5.41) is 3.15. The predicted molar refractivity (Wildman–Crippen MR) is 68.2 cm³/mol. The first-order valence-corrected chi connectivity index (χ1v) is 5.65. The van der Waals surface area contributed by atoms with Gasteiger partial charge in [-0.2, -0.15) is 0 Å². The summed E-state index contributed by atoms with van der Waals surface area (Å²) in [6.45, 7) is 2.11. The molecule has 0 bridgehead atoms. The first-order valence-electron chi connectivity index (χ1n) is 4.86. The zero-order chi connectivity index (χ0) is 11.3. The largest absolute Gasteiger partial charge is 0.496 e. The summed E-state index contributed by atoms with van der Waals surface area (Å²) in [5.74, 6) is 0.855. The Hall–Kier alpha value is -0.800. The topological polar surface area (TPSA) is 21.3 Å². The third-order valence-corrected chi connectivity index (χ3v) is 2.83. The number of methoxy groups -OCH3 is 1. The van der Waals surface area contributed by atoms with Crippen molar-refractivity contribution in [2.45, 2.75) is 13.0 Å². The molecule has 0 saturated carbocycles. The van der Waals surface area contributed by atoms with Gasteiger partial charge in [-0.1, -0.05) is 18.2 Å². The van der Waals surface area contributed by atoms with Gasteiger partial charge in [0.1, 0.15) is 5.75 Å². The van der Waals surface area contributed by atoms with E-state index in [0.29, 0.717) is 6.04 Å². The summed E-state index contributed by atoms with van der Waals surface area (Å²) in [7, 11) is 3.61. The molecular weight excluding hydrogens is 254 g/mol. The SMILES string of the molecule is CNC(C)/C=C/c1ccc(OC)c(Br)c1. The number of benzene rings is 1. The van der Waals surface area contributed by atoms with Gasteiger partial charge in [0.25, 0.3) is 0 Å². The maximum absolute atomic E-state index is 5.16. The second-order valence-corrected chi connectivity index (χ2v) is 4.18. The Labute approximate surface area is 99.5 Å². The average molecular weight is 270 g/mol. The molecule has 0 aliphatic rings. The van der Waals surface area contributed by atoms with Crippen LogP contribution in [0.15, 0.2) is 28.7 Å². The Morgan fingerprint density at radius 1 is 1.47 bits per heavy atom. The van der Waals surface area contributed by atoms with Gasteiger partial charge in [-0.05, 0) is 47.6 Å². The minimum Gasteiger partial charge on any atom is -0.496 e. The van der Waals surface area contributed by atoms with E-state index in [9.17, 15) is 0 Å². The molecule has 1 atom stereocenters. The fourth-order valence-electron chi connectivity index (χ4n) is 1.14. The van der Waals surface area contributed by atoms with Crippen molar-refractivity contribution in [1.29, 1.82) is 0 Å². The standard InChI is InChI=1S/C12H16BrNO/c1-9(14-2)4-5-10-6-7-12(15-3)11(13)8-10/h4-9,14H,1-3H3/b5-4+. The third-order valence-electron chi connectivity index (χ3n) is 2.21. The van der Waals surface area contributed by atoms with Gasteiger partial charge in [-0.15, -0.1) is 0 Å². The van der Waals surface area contributed by atoms with Crippen LogP contribution in [0, 0.1) is 0 Å². The van der Waals surface area contributed by atoms with Crippen molar-refractivity contribution in [3.63, 3.8) is 0 Å². The Balaban J connectivity index is 2.79. The molecule has 2 nitrogen and oxygen atoms in total. The molecule has 0 aliphatic heterocycles. The zero-order valence-corrected chi connectivity index (χ0v) is 10.8. The van der Waals surface area contributed by atoms with Crippen molar-refractivity contribution < 1.29 is 4.74 Å². The second-order valence-electron chi connectivity index (χ2n) is 3.33. The van der Waals surface area contributed by atoms with Gasteiger partial charge in [-0.3, -0.25) is 0 Å². The summed E-state index contributed by atoms with van der Waals surface area (Å²) in [5.41, 5.74) is 1.16. The van der Waals surface area contributed by atoms with Gasteiger partial charge in [0.05, 0.1) is 11.6 Å². The van der Waals surface area contributed by atoms with Crippen molar-refractivity contribution in [3.8, 4) is 5.75 Å². The predicted octanol–water partition coefficient (Wildman–Crippen LogP) is 3.08. The van der Waals surface area contributed by atoms with Crippen molar-refractivity contribution in [2.24, 2.45) is 0 Å². The Morgan fingerprint density at radius 2 is 2.20 bits per heavy atom. The normalized spacial score (nSPS) is 13.1. The molecule has 1 rings (SSSR count). The highest BCUT2D eigenvalue weighted by atomic mass is 79.9. The molecule has 15 heavy (non-hydrogen) atoms. The molecule has 0 heterocycles. The Kier molecular flexibility index (Phi) is 4.85. The van der Waals surface area contributed by atoms with Gasteiger partial charge in [0, 0.05) is 6.04 Å². The van der Waals surface area contributed by atoms with Crippen molar-refractivity contribution in [1.82, 2.24) is 5.32 Å². The lowest BCUT2D eigenvalue weighted by Crippen LogP contribution is -2.17. The van der Waals surface area contributed by atoms with Crippen LogP contribution >= 0.6 is 15.9 Å². The molecule has 0 spiro atoms. The first-order chi connectivity index (χ1) is 7.17. The number of likely N-dealkylation sites (N-methyl/N-ethyl adjacent to an activating group) is 1. The van der Waals surface area contributed by atoms with E-state index in [1.807, 2.05) is 25.2 Å². The number of hydrogen-bond donors (Lipinski definition) is 1. The molecule has 0 amide bonds. The molecule has 1 aromatic rings. The summed E-state index contributed by atoms with van der Waals surface area (Å²) in [6.07, 6.45) is 4.21. The summed E-state index contributed by atoms with van der Waals surface area (Å²) < 4.78 is 6.14. The molecule has 0 radical (unpaired) electrons. The molecule has 0 aliphatic carbocycles. The van der Waals surface area contributed by atoms with Crippen LogP contribution in [0.1, 0.15) is 12.5 Å². The van der Waals surface area contributed by atoms with E-state index in [1.54, 1.807) is 7.11 Å². The lowest BCUT2D eigenvalue weighted by molar-refractivity contribution is 0.412. The third kappa shape index (κ3) is 3.68. The molecule has 1 unspecified atom stereocenters. The average Bonchev–Trinajstić information content (AvgIpc) is 2.26.